The molecule has 6 nitrogen and oxygen atoms in total. The van der Waals surface area contributed by atoms with E-state index in [2.05, 4.69) is 0 Å². The molecular weight excluding hydrogens is 428 g/mol. The van der Waals surface area contributed by atoms with Gasteiger partial charge in [0.2, 0.25) is 5.78 Å². The summed E-state index contributed by atoms with van der Waals surface area (Å²) in [6.07, 6.45) is 0. The summed E-state index contributed by atoms with van der Waals surface area (Å²) in [7, 11) is 0. The van der Waals surface area contributed by atoms with Crippen molar-refractivity contribution in [2.24, 2.45) is 0 Å². The summed E-state index contributed by atoms with van der Waals surface area (Å²) in [5.74, 6) is -0.841. The highest BCUT2D eigenvalue weighted by atomic mass is 35.5. The molecular formula is C25H13ClN2O4. The van der Waals surface area contributed by atoms with Gasteiger partial charge in [-0.2, -0.15) is 0 Å². The normalized spacial score (nSPS) is 16.8. The lowest BCUT2D eigenvalue weighted by molar-refractivity contribution is 0.0987. The third-order valence-electron chi connectivity index (χ3n) is 6.05. The number of rotatable bonds is 1. The molecule has 0 saturated carbocycles. The molecule has 1 atom stereocenters. The van der Waals surface area contributed by atoms with Crippen molar-refractivity contribution in [3.05, 3.63) is 121 Å². The molecule has 1 aromatic heterocycles. The van der Waals surface area contributed by atoms with Gasteiger partial charge in [-0.05, 0) is 29.8 Å². The van der Waals surface area contributed by atoms with Crippen LogP contribution in [-0.2, 0) is 0 Å². The number of allylic oxidation sites excluding steroid dienone is 2. The Labute approximate surface area is 185 Å². The second-order valence-corrected chi connectivity index (χ2v) is 8.17. The molecule has 6 rings (SSSR count). The summed E-state index contributed by atoms with van der Waals surface area (Å²) in [4.78, 5) is 54.2. The van der Waals surface area contributed by atoms with Crippen LogP contribution in [0.1, 0.15) is 32.3 Å². The molecule has 2 heterocycles. The van der Waals surface area contributed by atoms with Crippen molar-refractivity contribution in [3.63, 3.8) is 0 Å². The molecule has 0 radical (unpaired) electrons. The Balaban J connectivity index is 1.79. The van der Waals surface area contributed by atoms with Crippen LogP contribution in [0.3, 0.4) is 0 Å². The van der Waals surface area contributed by atoms with Crippen molar-refractivity contribution in [2.75, 3.05) is 0 Å². The zero-order valence-electron chi connectivity index (χ0n) is 16.4. The van der Waals surface area contributed by atoms with Gasteiger partial charge >= 0.3 is 0 Å². The van der Waals surface area contributed by atoms with E-state index >= 15 is 0 Å². The monoisotopic (exact) mass is 440 g/mol. The lowest BCUT2D eigenvalue weighted by Gasteiger charge is -2.19. The summed E-state index contributed by atoms with van der Waals surface area (Å²) in [5.41, 5.74) is 0.113. The Kier molecular flexibility index (Phi) is 3.79. The molecule has 1 aliphatic carbocycles. The van der Waals surface area contributed by atoms with Crippen LogP contribution in [0.2, 0.25) is 5.02 Å². The molecule has 0 bridgehead atoms. The number of hydrogen-bond donors (Lipinski definition) is 0. The number of hydrogen-bond acceptors (Lipinski definition) is 4. The second kappa shape index (κ2) is 6.48. The Morgan fingerprint density at radius 3 is 1.88 bits per heavy atom. The fourth-order valence-corrected chi connectivity index (χ4v) is 4.77. The molecule has 0 N–H and O–H groups in total. The third kappa shape index (κ3) is 2.30. The number of aromatic nitrogens is 2. The smallest absolute Gasteiger partial charge is 0.278 e. The summed E-state index contributed by atoms with van der Waals surface area (Å²) in [6.45, 7) is 0. The summed E-state index contributed by atoms with van der Waals surface area (Å²) in [5, 5.41) is 0.905. The van der Waals surface area contributed by atoms with E-state index in [-0.39, 0.29) is 39.0 Å². The first-order chi connectivity index (χ1) is 15.5. The highest BCUT2D eigenvalue weighted by Gasteiger charge is 2.45. The third-order valence-corrected chi connectivity index (χ3v) is 6.30. The average molecular weight is 441 g/mol. The fraction of sp³-hybridized carbons (Fsp3) is 0.0400. The molecule has 1 unspecified atom stereocenters. The number of benzene rings is 3. The lowest BCUT2D eigenvalue weighted by atomic mass is 9.83. The molecule has 154 valence electrons. The van der Waals surface area contributed by atoms with Gasteiger partial charge in [0.1, 0.15) is 11.7 Å². The highest BCUT2D eigenvalue weighted by Crippen LogP contribution is 2.41. The molecule has 4 aromatic rings. The van der Waals surface area contributed by atoms with Crippen LogP contribution in [-0.4, -0.2) is 20.9 Å². The summed E-state index contributed by atoms with van der Waals surface area (Å²) in [6, 6.07) is 18.7. The van der Waals surface area contributed by atoms with Crippen molar-refractivity contribution in [1.29, 1.82) is 0 Å². The van der Waals surface area contributed by atoms with Crippen LogP contribution in [0, 0.1) is 0 Å². The van der Waals surface area contributed by atoms with E-state index in [4.69, 9.17) is 11.6 Å². The van der Waals surface area contributed by atoms with E-state index in [1.807, 2.05) is 0 Å². The predicted molar refractivity (Wildman–Crippen MR) is 120 cm³/mol. The number of carbonyl (C=O) groups is 2. The largest absolute Gasteiger partial charge is 0.289 e. The van der Waals surface area contributed by atoms with E-state index in [9.17, 15) is 19.2 Å². The molecule has 0 amide bonds. The van der Waals surface area contributed by atoms with Gasteiger partial charge in [0.05, 0.1) is 16.3 Å². The number of carbonyl (C=O) groups excluding carboxylic acids is 2. The second-order valence-electron chi connectivity index (χ2n) is 7.73. The molecule has 0 spiro atoms. The Hall–Kier alpha value is -4.03. The molecule has 32 heavy (non-hydrogen) atoms. The maximum Gasteiger partial charge on any atom is 0.278 e. The predicted octanol–water partition coefficient (Wildman–Crippen LogP) is 3.71. The first-order valence-electron chi connectivity index (χ1n) is 9.94. The number of Topliss-reactive ketones (excluding diaryl/α,β-unsaturated/α-hetero) is 2. The van der Waals surface area contributed by atoms with E-state index < -0.39 is 22.9 Å². The van der Waals surface area contributed by atoms with E-state index in [0.29, 0.717) is 10.6 Å². The highest BCUT2D eigenvalue weighted by molar-refractivity contribution is 6.38. The van der Waals surface area contributed by atoms with Crippen molar-refractivity contribution in [3.8, 4) is 0 Å². The topological polar surface area (TPSA) is 78.1 Å². The van der Waals surface area contributed by atoms with Crippen molar-refractivity contribution >= 4 is 39.6 Å². The summed E-state index contributed by atoms with van der Waals surface area (Å²) < 4.78 is 2.30. The van der Waals surface area contributed by atoms with E-state index in [0.717, 1.165) is 4.68 Å². The summed E-state index contributed by atoms with van der Waals surface area (Å²) >= 11 is 6.05. The Morgan fingerprint density at radius 1 is 0.656 bits per heavy atom. The van der Waals surface area contributed by atoms with E-state index in [1.165, 1.54) is 4.68 Å². The quantitative estimate of drug-likeness (QED) is 0.452. The maximum atomic E-state index is 13.6. The van der Waals surface area contributed by atoms with Crippen LogP contribution < -0.4 is 11.1 Å². The Bertz CT molecular complexity index is 1660. The van der Waals surface area contributed by atoms with Gasteiger partial charge in [-0.3, -0.25) is 19.2 Å². The zero-order chi connectivity index (χ0) is 22.1. The number of nitrogens with zero attached hydrogens (tertiary/aromatic N) is 2. The minimum atomic E-state index is -0.933. The van der Waals surface area contributed by atoms with Crippen molar-refractivity contribution < 1.29 is 9.59 Å². The number of fused-ring (bicyclic) bond motifs is 4. The van der Waals surface area contributed by atoms with E-state index in [1.54, 1.807) is 72.8 Å². The molecule has 3 aromatic carbocycles. The van der Waals surface area contributed by atoms with Gasteiger partial charge in [0.15, 0.2) is 5.78 Å². The number of ketones is 2. The van der Waals surface area contributed by atoms with Crippen LogP contribution >= 0.6 is 11.6 Å². The SMILES string of the molecule is O=C1C2=C(C(=O)c3ccccc31)n1c(=O)c3ccccc3c(=O)n1C2c1ccc(Cl)cc1. The van der Waals surface area contributed by atoms with Crippen LogP contribution in [0.25, 0.3) is 16.5 Å². The molecule has 7 heteroatoms. The molecule has 2 aliphatic rings. The first-order valence-corrected chi connectivity index (χ1v) is 10.3. The minimum Gasteiger partial charge on any atom is -0.289 e. The molecule has 0 fully saturated rings. The van der Waals surface area contributed by atoms with Gasteiger partial charge in [-0.25, -0.2) is 9.36 Å². The van der Waals surface area contributed by atoms with Gasteiger partial charge in [0, 0.05) is 16.1 Å². The van der Waals surface area contributed by atoms with Crippen molar-refractivity contribution in [1.82, 2.24) is 9.36 Å². The zero-order valence-corrected chi connectivity index (χ0v) is 17.2. The van der Waals surface area contributed by atoms with Crippen LogP contribution in [0.4, 0.5) is 0 Å². The van der Waals surface area contributed by atoms with Crippen LogP contribution in [0.15, 0.2) is 88.0 Å². The van der Waals surface area contributed by atoms with Crippen molar-refractivity contribution in [2.45, 2.75) is 6.04 Å². The first kappa shape index (κ1) is 18.7. The van der Waals surface area contributed by atoms with Gasteiger partial charge < -0.3 is 0 Å². The number of halogens is 1. The van der Waals surface area contributed by atoms with Gasteiger partial charge in [-0.15, -0.1) is 0 Å². The van der Waals surface area contributed by atoms with Crippen LogP contribution in [0.5, 0.6) is 0 Å². The molecule has 1 aliphatic heterocycles. The van der Waals surface area contributed by atoms with Gasteiger partial charge in [0.25, 0.3) is 11.1 Å². The Morgan fingerprint density at radius 2 is 1.22 bits per heavy atom. The minimum absolute atomic E-state index is 0.0681. The lowest BCUT2D eigenvalue weighted by Crippen LogP contribution is -2.38. The maximum absolute atomic E-state index is 13.6. The standard InChI is InChI=1S/C25H13ClN2O4/c26-14-11-9-13(10-12-14)20-19-21(23(30)16-6-2-1-5-15(16)22(19)29)28-25(32)18-8-4-3-7-17(18)24(31)27(20)28/h1-12,20H. The fourth-order valence-electron chi connectivity index (χ4n) is 4.65. The molecule has 0 saturated heterocycles. The average Bonchev–Trinajstić information content (AvgIpc) is 3.18. The van der Waals surface area contributed by atoms with Gasteiger partial charge in [-0.1, -0.05) is 60.1 Å².